The average Bonchev–Trinajstić information content (AvgIpc) is 2.59. The summed E-state index contributed by atoms with van der Waals surface area (Å²) in [6, 6.07) is 12.7. The second-order valence-corrected chi connectivity index (χ2v) is 6.80. The first-order valence-electron chi connectivity index (χ1n) is 8.21. The molecule has 1 amide bonds. The van der Waals surface area contributed by atoms with Gasteiger partial charge in [0.2, 0.25) is 0 Å². The number of halogens is 1. The van der Waals surface area contributed by atoms with Crippen molar-refractivity contribution in [2.24, 2.45) is 5.92 Å². The van der Waals surface area contributed by atoms with E-state index in [1.807, 2.05) is 24.3 Å². The Balaban J connectivity index is 2.12. The van der Waals surface area contributed by atoms with E-state index in [4.69, 9.17) is 21.1 Å². The fourth-order valence-electron chi connectivity index (χ4n) is 2.38. The lowest BCUT2D eigenvalue weighted by molar-refractivity contribution is 0.0784. The Morgan fingerprint density at radius 3 is 2.56 bits per heavy atom. The Labute approximate surface area is 154 Å². The van der Waals surface area contributed by atoms with Crippen molar-refractivity contribution in [3.63, 3.8) is 0 Å². The zero-order valence-electron chi connectivity index (χ0n) is 15.1. The van der Waals surface area contributed by atoms with Crippen LogP contribution in [-0.2, 0) is 6.54 Å². The van der Waals surface area contributed by atoms with Crippen molar-refractivity contribution in [3.8, 4) is 11.5 Å². The van der Waals surface area contributed by atoms with E-state index in [1.165, 1.54) is 0 Å². The summed E-state index contributed by atoms with van der Waals surface area (Å²) in [5.74, 6) is 1.52. The highest BCUT2D eigenvalue weighted by Crippen LogP contribution is 2.29. The number of nitrogens with zero attached hydrogens (tertiary/aromatic N) is 1. The van der Waals surface area contributed by atoms with Crippen molar-refractivity contribution >= 4 is 17.5 Å². The van der Waals surface area contributed by atoms with Crippen LogP contribution in [0.4, 0.5) is 0 Å². The molecule has 0 heterocycles. The number of carbonyl (C=O) groups excluding carboxylic acids is 1. The Morgan fingerprint density at radius 2 is 1.92 bits per heavy atom. The fraction of sp³-hybridized carbons (Fsp3) is 0.350. The first-order chi connectivity index (χ1) is 11.9. The van der Waals surface area contributed by atoms with Gasteiger partial charge in [-0.2, -0.15) is 0 Å². The highest BCUT2D eigenvalue weighted by atomic mass is 35.5. The summed E-state index contributed by atoms with van der Waals surface area (Å²) in [4.78, 5) is 14.3. The van der Waals surface area contributed by atoms with Crippen molar-refractivity contribution in [3.05, 3.63) is 58.6 Å². The summed E-state index contributed by atoms with van der Waals surface area (Å²) in [5.41, 5.74) is 1.53. The maximum absolute atomic E-state index is 12.7. The molecule has 2 aromatic carbocycles. The SMILES string of the molecule is COc1cc(C(=O)N(C)Cc2cccc(Cl)c2)ccc1OCC(C)C. The molecule has 0 aliphatic rings. The Kier molecular flexibility index (Phi) is 6.71. The lowest BCUT2D eigenvalue weighted by Crippen LogP contribution is -2.26. The molecular formula is C20H24ClNO3. The van der Waals surface area contributed by atoms with Crippen LogP contribution in [0.25, 0.3) is 0 Å². The van der Waals surface area contributed by atoms with Gasteiger partial charge in [-0.15, -0.1) is 0 Å². The third-order valence-corrected chi connectivity index (χ3v) is 3.87. The molecule has 0 radical (unpaired) electrons. The van der Waals surface area contributed by atoms with E-state index in [9.17, 15) is 4.79 Å². The third-order valence-electron chi connectivity index (χ3n) is 3.64. The van der Waals surface area contributed by atoms with Gasteiger partial charge in [0, 0.05) is 24.2 Å². The van der Waals surface area contributed by atoms with Crippen LogP contribution in [0.5, 0.6) is 11.5 Å². The summed E-state index contributed by atoms with van der Waals surface area (Å²) in [6.07, 6.45) is 0. The van der Waals surface area contributed by atoms with Gasteiger partial charge < -0.3 is 14.4 Å². The minimum atomic E-state index is -0.0892. The lowest BCUT2D eigenvalue weighted by Gasteiger charge is -2.19. The second kappa shape index (κ2) is 8.77. The van der Waals surface area contributed by atoms with Crippen molar-refractivity contribution < 1.29 is 14.3 Å². The van der Waals surface area contributed by atoms with Crippen LogP contribution < -0.4 is 9.47 Å². The van der Waals surface area contributed by atoms with E-state index in [2.05, 4.69) is 13.8 Å². The zero-order valence-corrected chi connectivity index (χ0v) is 15.8. The van der Waals surface area contributed by atoms with Crippen molar-refractivity contribution in [1.82, 2.24) is 4.90 Å². The highest BCUT2D eigenvalue weighted by molar-refractivity contribution is 6.30. The van der Waals surface area contributed by atoms with Gasteiger partial charge in [-0.25, -0.2) is 0 Å². The van der Waals surface area contributed by atoms with E-state index < -0.39 is 0 Å². The molecule has 0 spiro atoms. The summed E-state index contributed by atoms with van der Waals surface area (Å²) >= 11 is 6.00. The number of hydrogen-bond donors (Lipinski definition) is 0. The molecule has 0 fully saturated rings. The average molecular weight is 362 g/mol. The minimum Gasteiger partial charge on any atom is -0.493 e. The molecule has 4 nitrogen and oxygen atoms in total. The predicted octanol–water partition coefficient (Wildman–Crippen LogP) is 4.66. The molecule has 0 unspecified atom stereocenters. The minimum absolute atomic E-state index is 0.0892. The smallest absolute Gasteiger partial charge is 0.254 e. The summed E-state index contributed by atoms with van der Waals surface area (Å²) in [7, 11) is 3.33. The predicted molar refractivity (Wildman–Crippen MR) is 101 cm³/mol. The monoisotopic (exact) mass is 361 g/mol. The Morgan fingerprint density at radius 1 is 1.16 bits per heavy atom. The number of hydrogen-bond acceptors (Lipinski definition) is 3. The van der Waals surface area contributed by atoms with E-state index >= 15 is 0 Å². The quantitative estimate of drug-likeness (QED) is 0.720. The molecule has 0 aromatic heterocycles. The first-order valence-corrected chi connectivity index (χ1v) is 8.59. The van der Waals surface area contributed by atoms with Crippen molar-refractivity contribution in [1.29, 1.82) is 0 Å². The molecule has 0 atom stereocenters. The summed E-state index contributed by atoms with van der Waals surface area (Å²) < 4.78 is 11.1. The fourth-order valence-corrected chi connectivity index (χ4v) is 2.59. The molecule has 0 aliphatic carbocycles. The summed E-state index contributed by atoms with van der Waals surface area (Å²) in [5, 5.41) is 0.659. The number of benzene rings is 2. The first kappa shape index (κ1) is 19.1. The van der Waals surface area contributed by atoms with Gasteiger partial charge in [-0.05, 0) is 41.8 Å². The zero-order chi connectivity index (χ0) is 18.4. The molecule has 2 aromatic rings. The number of carbonyl (C=O) groups is 1. The molecule has 134 valence electrons. The van der Waals surface area contributed by atoms with Crippen LogP contribution in [-0.4, -0.2) is 31.6 Å². The highest BCUT2D eigenvalue weighted by Gasteiger charge is 2.15. The maximum Gasteiger partial charge on any atom is 0.254 e. The van der Waals surface area contributed by atoms with Gasteiger partial charge in [0.05, 0.1) is 13.7 Å². The van der Waals surface area contributed by atoms with Gasteiger partial charge in [-0.1, -0.05) is 37.6 Å². The van der Waals surface area contributed by atoms with Gasteiger partial charge in [0.15, 0.2) is 11.5 Å². The van der Waals surface area contributed by atoms with Crippen LogP contribution in [0.3, 0.4) is 0 Å². The molecule has 0 bridgehead atoms. The van der Waals surface area contributed by atoms with E-state index in [-0.39, 0.29) is 5.91 Å². The molecule has 0 saturated carbocycles. The molecule has 2 rings (SSSR count). The standard InChI is InChI=1S/C20H24ClNO3/c1-14(2)13-25-18-9-8-16(11-19(18)24-4)20(23)22(3)12-15-6-5-7-17(21)10-15/h5-11,14H,12-13H2,1-4H3. The third kappa shape index (κ3) is 5.40. The molecular weight excluding hydrogens is 338 g/mol. The number of methoxy groups -OCH3 is 1. The number of ether oxygens (including phenoxy) is 2. The second-order valence-electron chi connectivity index (χ2n) is 6.36. The van der Waals surface area contributed by atoms with E-state index in [0.717, 1.165) is 5.56 Å². The maximum atomic E-state index is 12.7. The van der Waals surface area contributed by atoms with Gasteiger partial charge in [0.1, 0.15) is 0 Å². The van der Waals surface area contributed by atoms with E-state index in [1.54, 1.807) is 37.3 Å². The normalized spacial score (nSPS) is 10.6. The van der Waals surface area contributed by atoms with Gasteiger partial charge >= 0.3 is 0 Å². The van der Waals surface area contributed by atoms with Crippen molar-refractivity contribution in [2.75, 3.05) is 20.8 Å². The van der Waals surface area contributed by atoms with Gasteiger partial charge in [-0.3, -0.25) is 4.79 Å². The van der Waals surface area contributed by atoms with E-state index in [0.29, 0.717) is 41.2 Å². The lowest BCUT2D eigenvalue weighted by atomic mass is 10.1. The van der Waals surface area contributed by atoms with Crippen molar-refractivity contribution in [2.45, 2.75) is 20.4 Å². The van der Waals surface area contributed by atoms with Crippen LogP contribution >= 0.6 is 11.6 Å². The molecule has 5 heteroatoms. The largest absolute Gasteiger partial charge is 0.493 e. The Bertz CT molecular complexity index is 731. The van der Waals surface area contributed by atoms with Gasteiger partial charge in [0.25, 0.3) is 5.91 Å². The van der Waals surface area contributed by atoms with Crippen LogP contribution in [0.2, 0.25) is 5.02 Å². The number of amides is 1. The molecule has 0 N–H and O–H groups in total. The Hall–Kier alpha value is -2.20. The summed E-state index contributed by atoms with van der Waals surface area (Å²) in [6.45, 7) is 5.23. The van der Waals surface area contributed by atoms with Crippen LogP contribution in [0.15, 0.2) is 42.5 Å². The molecule has 0 saturated heterocycles. The molecule has 0 aliphatic heterocycles. The number of rotatable bonds is 7. The van der Waals surface area contributed by atoms with Crippen LogP contribution in [0, 0.1) is 5.92 Å². The topological polar surface area (TPSA) is 38.8 Å². The molecule has 25 heavy (non-hydrogen) atoms. The van der Waals surface area contributed by atoms with Crippen LogP contribution in [0.1, 0.15) is 29.8 Å².